The first-order valence-electron chi connectivity index (χ1n) is 6.13. The molecule has 1 N–H and O–H groups in total. The van der Waals surface area contributed by atoms with Crippen molar-refractivity contribution >= 4 is 7.94 Å². The van der Waals surface area contributed by atoms with Gasteiger partial charge >= 0.3 is 7.94 Å². The molecule has 98 valence electrons. The molecule has 0 aromatic heterocycles. The van der Waals surface area contributed by atoms with E-state index in [2.05, 4.69) is 0 Å². The number of rotatable bonds is 10. The number of aliphatic hydroxyl groups is 1. The zero-order valence-corrected chi connectivity index (χ0v) is 11.8. The quantitative estimate of drug-likeness (QED) is 0.606. The lowest BCUT2D eigenvalue weighted by Crippen LogP contribution is -2.19. The molecule has 0 aromatic carbocycles. The minimum Gasteiger partial charge on any atom is -0.353 e. The highest BCUT2D eigenvalue weighted by molar-refractivity contribution is 7.62. The summed E-state index contributed by atoms with van der Waals surface area (Å²) in [6.07, 6.45) is 2.66. The highest BCUT2D eigenvalue weighted by Crippen LogP contribution is 2.65. The van der Waals surface area contributed by atoms with Crippen molar-refractivity contribution in [2.75, 3.05) is 19.8 Å². The van der Waals surface area contributed by atoms with Crippen molar-refractivity contribution in [1.82, 2.24) is 0 Å². The average Bonchev–Trinajstić information content (AvgIpc) is 2.28. The fraction of sp³-hybridized carbons (Fsp3) is 1.00. The molecule has 0 spiro atoms. The fourth-order valence-electron chi connectivity index (χ4n) is 1.09. The van der Waals surface area contributed by atoms with E-state index in [-0.39, 0.29) is 0 Å². The molecule has 0 aliphatic heterocycles. The molecular formula is C11H26O4P+. The predicted molar refractivity (Wildman–Crippen MR) is 67.3 cm³/mol. The molecule has 0 fully saturated rings. The Kier molecular flexibility index (Phi) is 9.47. The molecule has 0 aromatic rings. The number of hydrogen-bond donors (Lipinski definition) is 1. The smallest absolute Gasteiger partial charge is 0.353 e. The van der Waals surface area contributed by atoms with Crippen LogP contribution in [0.25, 0.3) is 0 Å². The Bertz CT molecular complexity index is 142. The molecule has 5 heteroatoms. The van der Waals surface area contributed by atoms with Crippen molar-refractivity contribution in [2.24, 2.45) is 0 Å². The lowest BCUT2D eigenvalue weighted by atomic mass is 10.5. The van der Waals surface area contributed by atoms with Crippen LogP contribution in [0.15, 0.2) is 0 Å². The molecule has 0 amide bonds. The molecule has 0 aliphatic rings. The molecule has 0 radical (unpaired) electrons. The molecular weight excluding hydrogens is 227 g/mol. The number of hydrogen-bond acceptors (Lipinski definition) is 4. The van der Waals surface area contributed by atoms with E-state index in [4.69, 9.17) is 13.6 Å². The van der Waals surface area contributed by atoms with Gasteiger partial charge < -0.3 is 5.11 Å². The second-order valence-corrected chi connectivity index (χ2v) is 6.27. The van der Waals surface area contributed by atoms with E-state index in [1.807, 2.05) is 20.8 Å². The number of aliphatic hydroxyl groups excluding tert-OH is 1. The molecule has 0 aliphatic carbocycles. The second kappa shape index (κ2) is 9.32. The van der Waals surface area contributed by atoms with Crippen molar-refractivity contribution in [3.8, 4) is 0 Å². The summed E-state index contributed by atoms with van der Waals surface area (Å²) < 4.78 is 17.0. The van der Waals surface area contributed by atoms with Crippen molar-refractivity contribution in [3.63, 3.8) is 0 Å². The molecule has 4 nitrogen and oxygen atoms in total. The first-order chi connectivity index (χ1) is 7.63. The Morgan fingerprint density at radius 1 is 0.875 bits per heavy atom. The van der Waals surface area contributed by atoms with Crippen LogP contribution in [0.3, 0.4) is 0 Å². The van der Waals surface area contributed by atoms with E-state index < -0.39 is 13.8 Å². The van der Waals surface area contributed by atoms with Crippen molar-refractivity contribution in [1.29, 1.82) is 0 Å². The van der Waals surface area contributed by atoms with E-state index >= 15 is 0 Å². The molecule has 1 unspecified atom stereocenters. The van der Waals surface area contributed by atoms with Crippen LogP contribution in [-0.4, -0.2) is 30.8 Å². The van der Waals surface area contributed by atoms with Gasteiger partial charge in [0.2, 0.25) is 5.85 Å². The van der Waals surface area contributed by atoms with Gasteiger partial charge in [0.05, 0.1) is 19.8 Å². The Labute approximate surface area is 99.9 Å². The maximum absolute atomic E-state index is 9.82. The molecule has 1 atom stereocenters. The molecule has 0 heterocycles. The Hall–Kier alpha value is 0.270. The highest BCUT2D eigenvalue weighted by Gasteiger charge is 2.50. The summed E-state index contributed by atoms with van der Waals surface area (Å²) in [6.45, 7) is 9.43. The molecule has 0 saturated heterocycles. The van der Waals surface area contributed by atoms with Crippen LogP contribution in [0.4, 0.5) is 0 Å². The summed E-state index contributed by atoms with van der Waals surface area (Å²) in [4.78, 5) is 0. The van der Waals surface area contributed by atoms with Crippen LogP contribution in [0.2, 0.25) is 0 Å². The summed E-state index contributed by atoms with van der Waals surface area (Å²) in [5.74, 6) is -0.697. The van der Waals surface area contributed by atoms with Crippen LogP contribution in [0.5, 0.6) is 0 Å². The Morgan fingerprint density at radius 3 is 1.38 bits per heavy atom. The van der Waals surface area contributed by atoms with Gasteiger partial charge in [-0.15, -0.1) is 0 Å². The first kappa shape index (κ1) is 16.3. The minimum atomic E-state index is -2.56. The summed E-state index contributed by atoms with van der Waals surface area (Å²) in [6, 6.07) is 0. The van der Waals surface area contributed by atoms with Crippen LogP contribution in [0.1, 0.15) is 47.0 Å². The van der Waals surface area contributed by atoms with Gasteiger partial charge in [-0.1, -0.05) is 20.8 Å². The normalized spacial score (nSPS) is 14.1. The third-order valence-corrected chi connectivity index (χ3v) is 4.43. The maximum atomic E-state index is 9.82. The fourth-order valence-corrected chi connectivity index (χ4v) is 3.27. The van der Waals surface area contributed by atoms with Gasteiger partial charge in [0, 0.05) is 6.92 Å². The van der Waals surface area contributed by atoms with Gasteiger partial charge in [-0.25, -0.2) is 0 Å². The molecule has 0 bridgehead atoms. The third-order valence-electron chi connectivity index (χ3n) is 1.88. The van der Waals surface area contributed by atoms with Crippen molar-refractivity contribution < 1.29 is 18.7 Å². The minimum absolute atomic E-state index is 0.562. The van der Waals surface area contributed by atoms with Crippen LogP contribution in [0, 0.1) is 0 Å². The monoisotopic (exact) mass is 253 g/mol. The van der Waals surface area contributed by atoms with E-state index in [0.717, 1.165) is 19.3 Å². The SMILES string of the molecule is CCCO[P+](OCCC)(OCCC)C(C)O. The first-order valence-corrected chi connectivity index (χ1v) is 7.74. The van der Waals surface area contributed by atoms with E-state index in [1.54, 1.807) is 6.92 Å². The summed E-state index contributed by atoms with van der Waals surface area (Å²) >= 11 is 0. The standard InChI is InChI=1S/C11H26O4P/c1-5-8-13-16(11(4)12,14-9-6-2)15-10-7-3/h11-12H,5-10H2,1-4H3/q+1. The molecule has 16 heavy (non-hydrogen) atoms. The predicted octanol–water partition coefficient (Wildman–Crippen LogP) is 3.37. The topological polar surface area (TPSA) is 47.9 Å². The third kappa shape index (κ3) is 5.55. The lowest BCUT2D eigenvalue weighted by Gasteiger charge is -2.23. The Balaban J connectivity index is 4.46. The van der Waals surface area contributed by atoms with Gasteiger partial charge in [0.1, 0.15) is 0 Å². The van der Waals surface area contributed by atoms with Crippen molar-refractivity contribution in [2.45, 2.75) is 52.8 Å². The zero-order valence-electron chi connectivity index (χ0n) is 10.9. The van der Waals surface area contributed by atoms with Crippen LogP contribution in [-0.2, 0) is 13.6 Å². The van der Waals surface area contributed by atoms with Gasteiger partial charge in [-0.2, -0.15) is 13.6 Å². The highest BCUT2D eigenvalue weighted by atomic mass is 31.2. The van der Waals surface area contributed by atoms with Gasteiger partial charge in [-0.05, 0) is 19.3 Å². The van der Waals surface area contributed by atoms with Gasteiger partial charge in [-0.3, -0.25) is 0 Å². The zero-order chi connectivity index (χ0) is 12.4. The maximum Gasteiger partial charge on any atom is 0.442 e. The average molecular weight is 253 g/mol. The van der Waals surface area contributed by atoms with Gasteiger partial charge in [0.25, 0.3) is 0 Å². The largest absolute Gasteiger partial charge is 0.442 e. The molecule has 0 saturated carbocycles. The van der Waals surface area contributed by atoms with E-state index in [9.17, 15) is 5.11 Å². The van der Waals surface area contributed by atoms with E-state index in [1.165, 1.54) is 0 Å². The van der Waals surface area contributed by atoms with Crippen LogP contribution >= 0.6 is 7.94 Å². The van der Waals surface area contributed by atoms with Gasteiger partial charge in [0.15, 0.2) is 0 Å². The van der Waals surface area contributed by atoms with Crippen LogP contribution < -0.4 is 0 Å². The second-order valence-electron chi connectivity index (χ2n) is 3.67. The Morgan fingerprint density at radius 2 is 1.19 bits per heavy atom. The van der Waals surface area contributed by atoms with Crippen molar-refractivity contribution in [3.05, 3.63) is 0 Å². The summed E-state index contributed by atoms with van der Waals surface area (Å²) in [5, 5.41) is 9.82. The molecule has 0 rings (SSSR count). The lowest BCUT2D eigenvalue weighted by molar-refractivity contribution is 0.0930. The van der Waals surface area contributed by atoms with E-state index in [0.29, 0.717) is 19.8 Å². The summed E-state index contributed by atoms with van der Waals surface area (Å²) in [5.41, 5.74) is 0. The summed E-state index contributed by atoms with van der Waals surface area (Å²) in [7, 11) is -2.56.